The van der Waals surface area contributed by atoms with Gasteiger partial charge in [-0.25, -0.2) is 14.0 Å². The van der Waals surface area contributed by atoms with Crippen molar-refractivity contribution in [3.8, 4) is 0 Å². The fourth-order valence-electron chi connectivity index (χ4n) is 3.30. The Hall–Kier alpha value is -2.08. The second kappa shape index (κ2) is 8.74. The topological polar surface area (TPSA) is 110 Å². The molecule has 10 nitrogen and oxygen atoms in total. The van der Waals surface area contributed by atoms with E-state index in [0.717, 1.165) is 23.6 Å². The second-order valence-electron chi connectivity index (χ2n) is 7.06. The number of unbranched alkanes of at least 4 members (excludes halogenated alkanes) is 2. The molecule has 0 saturated carbocycles. The average molecular weight is 415 g/mol. The summed E-state index contributed by atoms with van der Waals surface area (Å²) in [5.41, 5.74) is -0.819. The molecular formula is C18H26FN3O7. The number of anilines is 1. The molecule has 3 rings (SSSR count). The lowest BCUT2D eigenvalue weighted by atomic mass is 10.1. The zero-order chi connectivity index (χ0) is 21.2. The summed E-state index contributed by atoms with van der Waals surface area (Å²) in [6.07, 6.45) is 0.0278. The Morgan fingerprint density at radius 3 is 2.79 bits per heavy atom. The molecule has 1 aromatic rings. The first-order valence-electron chi connectivity index (χ1n) is 9.56. The third-order valence-electron chi connectivity index (χ3n) is 4.88. The van der Waals surface area contributed by atoms with E-state index in [4.69, 9.17) is 23.7 Å². The normalized spacial score (nSPS) is 30.9. The number of amides is 1. The van der Waals surface area contributed by atoms with E-state index in [9.17, 15) is 14.0 Å². The van der Waals surface area contributed by atoms with Crippen LogP contribution in [-0.2, 0) is 23.7 Å². The van der Waals surface area contributed by atoms with E-state index in [1.165, 1.54) is 7.11 Å². The Morgan fingerprint density at radius 2 is 2.10 bits per heavy atom. The molecule has 11 heteroatoms. The van der Waals surface area contributed by atoms with Crippen LogP contribution in [0.1, 0.15) is 46.3 Å². The van der Waals surface area contributed by atoms with E-state index in [1.807, 2.05) is 6.92 Å². The summed E-state index contributed by atoms with van der Waals surface area (Å²) in [5, 5.41) is 2.15. The van der Waals surface area contributed by atoms with Crippen LogP contribution in [0.4, 0.5) is 15.0 Å². The van der Waals surface area contributed by atoms with Crippen molar-refractivity contribution in [3.63, 3.8) is 0 Å². The van der Waals surface area contributed by atoms with Gasteiger partial charge in [-0.1, -0.05) is 19.8 Å². The fourth-order valence-corrected chi connectivity index (χ4v) is 3.30. The SMILES string of the molecule is CCCCCOC(=O)Nc1nc(=O)n([C@@H]2O[C@H](C)[C@H]3OC(C)(OC)O[C@H]32)cc1F. The molecule has 29 heavy (non-hydrogen) atoms. The Bertz CT molecular complexity index is 804. The number of nitrogens with zero attached hydrogens (tertiary/aromatic N) is 2. The number of ether oxygens (including phenoxy) is 5. The van der Waals surface area contributed by atoms with Crippen LogP contribution in [0.3, 0.4) is 0 Å². The first-order chi connectivity index (χ1) is 13.8. The number of carbonyl (C=O) groups is 1. The first-order valence-corrected chi connectivity index (χ1v) is 9.56. The van der Waals surface area contributed by atoms with Crippen molar-refractivity contribution in [1.29, 1.82) is 0 Å². The van der Waals surface area contributed by atoms with Crippen LogP contribution in [0.25, 0.3) is 0 Å². The van der Waals surface area contributed by atoms with Gasteiger partial charge in [0.25, 0.3) is 5.97 Å². The maximum absolute atomic E-state index is 14.5. The zero-order valence-electron chi connectivity index (χ0n) is 16.8. The van der Waals surface area contributed by atoms with Gasteiger partial charge in [-0.05, 0) is 13.3 Å². The summed E-state index contributed by atoms with van der Waals surface area (Å²) < 4.78 is 42.8. The van der Waals surface area contributed by atoms with E-state index < -0.39 is 53.9 Å². The van der Waals surface area contributed by atoms with Gasteiger partial charge in [0.1, 0.15) is 12.2 Å². The molecule has 0 spiro atoms. The first kappa shape index (κ1) is 21.6. The van der Waals surface area contributed by atoms with Crippen LogP contribution in [-0.4, -0.2) is 53.6 Å². The minimum absolute atomic E-state index is 0.199. The van der Waals surface area contributed by atoms with Crippen LogP contribution < -0.4 is 11.0 Å². The number of rotatable bonds is 7. The second-order valence-corrected chi connectivity index (χ2v) is 7.06. The maximum atomic E-state index is 14.5. The van der Waals surface area contributed by atoms with Crippen LogP contribution in [0.15, 0.2) is 11.0 Å². The van der Waals surface area contributed by atoms with Crippen molar-refractivity contribution in [2.45, 2.75) is 70.5 Å². The molecule has 2 aliphatic heterocycles. The molecule has 5 atom stereocenters. The number of nitrogens with one attached hydrogen (secondary N) is 1. The Morgan fingerprint density at radius 1 is 1.38 bits per heavy atom. The van der Waals surface area contributed by atoms with Crippen LogP contribution in [0.5, 0.6) is 0 Å². The molecule has 1 unspecified atom stereocenters. The number of hydrogen-bond acceptors (Lipinski definition) is 8. The van der Waals surface area contributed by atoms with Gasteiger partial charge in [0.15, 0.2) is 17.9 Å². The predicted molar refractivity (Wildman–Crippen MR) is 97.7 cm³/mol. The van der Waals surface area contributed by atoms with Crippen molar-refractivity contribution in [1.82, 2.24) is 9.55 Å². The summed E-state index contributed by atoms with van der Waals surface area (Å²) in [6.45, 7) is 5.56. The summed E-state index contributed by atoms with van der Waals surface area (Å²) in [6, 6.07) is 0. The van der Waals surface area contributed by atoms with Gasteiger partial charge >= 0.3 is 11.8 Å². The van der Waals surface area contributed by atoms with E-state index in [-0.39, 0.29) is 6.61 Å². The Balaban J connectivity index is 1.73. The molecular weight excluding hydrogens is 389 g/mol. The predicted octanol–water partition coefficient (Wildman–Crippen LogP) is 2.14. The highest BCUT2D eigenvalue weighted by molar-refractivity contribution is 5.83. The summed E-state index contributed by atoms with van der Waals surface area (Å²) in [4.78, 5) is 27.8. The van der Waals surface area contributed by atoms with E-state index in [2.05, 4.69) is 10.3 Å². The highest BCUT2D eigenvalue weighted by Gasteiger charge is 2.56. The summed E-state index contributed by atoms with van der Waals surface area (Å²) in [7, 11) is 1.43. The van der Waals surface area contributed by atoms with Gasteiger partial charge in [-0.3, -0.25) is 9.88 Å². The minimum Gasteiger partial charge on any atom is -0.449 e. The third kappa shape index (κ3) is 4.58. The lowest BCUT2D eigenvalue weighted by Gasteiger charge is -2.25. The molecule has 2 saturated heterocycles. The number of halogens is 1. The molecule has 1 N–H and O–H groups in total. The van der Waals surface area contributed by atoms with Crippen LogP contribution >= 0.6 is 0 Å². The maximum Gasteiger partial charge on any atom is 0.412 e. The van der Waals surface area contributed by atoms with E-state index in [0.29, 0.717) is 6.42 Å². The highest BCUT2D eigenvalue weighted by atomic mass is 19.1. The summed E-state index contributed by atoms with van der Waals surface area (Å²) in [5.74, 6) is -2.72. The molecule has 2 aliphatic rings. The number of aromatic nitrogens is 2. The molecule has 2 fully saturated rings. The van der Waals surface area contributed by atoms with Gasteiger partial charge in [0.2, 0.25) is 0 Å². The molecule has 0 aromatic carbocycles. The Kier molecular flexibility index (Phi) is 6.52. The number of carbonyl (C=O) groups excluding carboxylic acids is 1. The minimum atomic E-state index is -1.29. The standard InChI is InChI=1S/C18H26FN3O7/c1-5-6-7-8-26-17(24)21-14-11(19)9-22(16(23)20-14)15-13-12(10(2)27-15)28-18(3,25-4)29-13/h9-10,12-13,15H,5-8H2,1-4H3,(H,20,21,23,24)/t10-,12-,13-,15-,18?/m1/s1. The van der Waals surface area contributed by atoms with Crippen molar-refractivity contribution < 1.29 is 32.9 Å². The van der Waals surface area contributed by atoms with E-state index >= 15 is 0 Å². The van der Waals surface area contributed by atoms with Gasteiger partial charge < -0.3 is 23.7 Å². The van der Waals surface area contributed by atoms with E-state index in [1.54, 1.807) is 13.8 Å². The molecule has 1 amide bonds. The number of fused-ring (bicyclic) bond motifs is 1. The zero-order valence-corrected chi connectivity index (χ0v) is 16.8. The summed E-state index contributed by atoms with van der Waals surface area (Å²) >= 11 is 0. The fraction of sp³-hybridized carbons (Fsp3) is 0.722. The third-order valence-corrected chi connectivity index (χ3v) is 4.88. The highest BCUT2D eigenvalue weighted by Crippen LogP contribution is 2.42. The van der Waals surface area contributed by atoms with Gasteiger partial charge in [0, 0.05) is 14.0 Å². The van der Waals surface area contributed by atoms with Crippen molar-refractivity contribution in [2.75, 3.05) is 19.0 Å². The van der Waals surface area contributed by atoms with Crippen molar-refractivity contribution in [2.24, 2.45) is 0 Å². The molecule has 0 bridgehead atoms. The van der Waals surface area contributed by atoms with Crippen LogP contribution in [0, 0.1) is 5.82 Å². The van der Waals surface area contributed by atoms with Gasteiger partial charge in [-0.15, -0.1) is 0 Å². The molecule has 0 radical (unpaired) electrons. The smallest absolute Gasteiger partial charge is 0.412 e. The van der Waals surface area contributed by atoms with Crippen molar-refractivity contribution in [3.05, 3.63) is 22.5 Å². The molecule has 1 aromatic heterocycles. The molecule has 0 aliphatic carbocycles. The van der Waals surface area contributed by atoms with Crippen molar-refractivity contribution >= 4 is 11.9 Å². The number of methoxy groups -OCH3 is 1. The lowest BCUT2D eigenvalue weighted by Crippen LogP contribution is -2.37. The van der Waals surface area contributed by atoms with Gasteiger partial charge in [-0.2, -0.15) is 4.98 Å². The van der Waals surface area contributed by atoms with Gasteiger partial charge in [0.05, 0.1) is 18.9 Å². The average Bonchev–Trinajstić information content (AvgIpc) is 3.17. The lowest BCUT2D eigenvalue weighted by molar-refractivity contribution is -0.335. The largest absolute Gasteiger partial charge is 0.449 e. The molecule has 162 valence electrons. The quantitative estimate of drug-likeness (QED) is 0.675. The number of hydrogen-bond donors (Lipinski definition) is 1. The molecule has 3 heterocycles. The Labute approximate surface area is 167 Å². The monoisotopic (exact) mass is 415 g/mol. The van der Waals surface area contributed by atoms with Crippen LogP contribution in [0.2, 0.25) is 0 Å².